The molecule has 0 aromatic heterocycles. The minimum atomic E-state index is -0.748. The Balaban J connectivity index is 1.66. The number of carboxylic acid groups (broad SMARTS) is 1. The van der Waals surface area contributed by atoms with Crippen molar-refractivity contribution < 1.29 is 9.90 Å². The second kappa shape index (κ2) is 5.01. The third kappa shape index (κ3) is 2.61. The van der Waals surface area contributed by atoms with Gasteiger partial charge in [0.05, 0.1) is 19.0 Å². The van der Waals surface area contributed by atoms with Crippen molar-refractivity contribution in [3.8, 4) is 0 Å². The van der Waals surface area contributed by atoms with Gasteiger partial charge in [0.2, 0.25) is 0 Å². The van der Waals surface area contributed by atoms with Gasteiger partial charge in [-0.25, -0.2) is 0 Å². The van der Waals surface area contributed by atoms with Crippen LogP contribution in [0.15, 0.2) is 29.3 Å². The largest absolute Gasteiger partial charge is 0.481 e. The number of hydrogen-bond acceptors (Lipinski definition) is 4. The molecule has 0 saturated carbocycles. The summed E-state index contributed by atoms with van der Waals surface area (Å²) in [6, 6.07) is 8.34. The zero-order chi connectivity index (χ0) is 13.2. The zero-order valence-corrected chi connectivity index (χ0v) is 10.6. The molecule has 0 unspecified atom stereocenters. The van der Waals surface area contributed by atoms with E-state index in [0.29, 0.717) is 6.54 Å². The van der Waals surface area contributed by atoms with Gasteiger partial charge in [0.25, 0.3) is 0 Å². The van der Waals surface area contributed by atoms with Gasteiger partial charge in [-0.3, -0.25) is 9.79 Å². The van der Waals surface area contributed by atoms with Crippen molar-refractivity contribution >= 4 is 17.5 Å². The van der Waals surface area contributed by atoms with E-state index in [9.17, 15) is 4.79 Å². The molecule has 2 atom stereocenters. The van der Waals surface area contributed by atoms with Crippen LogP contribution in [0, 0.1) is 0 Å². The first-order valence-electron chi connectivity index (χ1n) is 6.59. The molecule has 100 valence electrons. The van der Waals surface area contributed by atoms with E-state index in [1.165, 1.54) is 5.56 Å². The number of amidine groups is 1. The van der Waals surface area contributed by atoms with Crippen LogP contribution in [0.2, 0.25) is 0 Å². The molecule has 2 heterocycles. The number of nitrogens with zero attached hydrogens (tertiary/aromatic N) is 1. The van der Waals surface area contributed by atoms with Gasteiger partial charge in [0.1, 0.15) is 5.84 Å². The second-order valence-corrected chi connectivity index (χ2v) is 5.08. The van der Waals surface area contributed by atoms with Gasteiger partial charge in [0, 0.05) is 11.7 Å². The van der Waals surface area contributed by atoms with Crippen LogP contribution in [0.1, 0.15) is 24.8 Å². The van der Waals surface area contributed by atoms with Gasteiger partial charge in [-0.05, 0) is 24.5 Å². The average molecular weight is 259 g/mol. The molecule has 2 aliphatic rings. The van der Waals surface area contributed by atoms with Crippen LogP contribution < -0.4 is 10.6 Å². The van der Waals surface area contributed by atoms with Gasteiger partial charge >= 0.3 is 5.97 Å². The predicted molar refractivity (Wildman–Crippen MR) is 73.4 cm³/mol. The number of aliphatic imine (C=N–C) groups is 1. The van der Waals surface area contributed by atoms with Crippen molar-refractivity contribution in [1.29, 1.82) is 0 Å². The van der Waals surface area contributed by atoms with E-state index in [2.05, 4.69) is 21.7 Å². The quantitative estimate of drug-likeness (QED) is 0.771. The fourth-order valence-electron chi connectivity index (χ4n) is 2.73. The molecule has 0 aliphatic carbocycles. The van der Waals surface area contributed by atoms with E-state index < -0.39 is 5.97 Å². The molecule has 1 aromatic rings. The van der Waals surface area contributed by atoms with Crippen molar-refractivity contribution in [3.05, 3.63) is 29.8 Å². The fraction of sp³-hybridized carbons (Fsp3) is 0.429. The number of nitrogens with one attached hydrogen (secondary N) is 2. The number of rotatable bonds is 3. The first-order valence-corrected chi connectivity index (χ1v) is 6.59. The number of fused-ring (bicyclic) bond motifs is 1. The highest BCUT2D eigenvalue weighted by Crippen LogP contribution is 2.24. The molecule has 0 spiro atoms. The number of benzene rings is 1. The fourth-order valence-corrected chi connectivity index (χ4v) is 2.73. The van der Waals surface area contributed by atoms with Crippen molar-refractivity contribution in [2.45, 2.75) is 37.9 Å². The highest BCUT2D eigenvalue weighted by atomic mass is 16.4. The lowest BCUT2D eigenvalue weighted by Gasteiger charge is -2.23. The highest BCUT2D eigenvalue weighted by molar-refractivity contribution is 6.01. The Bertz CT molecular complexity index is 527. The van der Waals surface area contributed by atoms with Gasteiger partial charge in [-0.15, -0.1) is 0 Å². The van der Waals surface area contributed by atoms with E-state index in [0.717, 1.165) is 24.4 Å². The predicted octanol–water partition coefficient (Wildman–Crippen LogP) is 1.61. The minimum absolute atomic E-state index is 0.0594. The minimum Gasteiger partial charge on any atom is -0.481 e. The molecular formula is C14H17N3O2. The summed E-state index contributed by atoms with van der Waals surface area (Å²) < 4.78 is 0. The van der Waals surface area contributed by atoms with E-state index in [1.807, 2.05) is 18.2 Å². The molecule has 5 heteroatoms. The molecule has 19 heavy (non-hydrogen) atoms. The zero-order valence-electron chi connectivity index (χ0n) is 10.6. The third-order valence-electron chi connectivity index (χ3n) is 3.69. The molecule has 1 fully saturated rings. The molecule has 3 rings (SSSR count). The van der Waals surface area contributed by atoms with Crippen LogP contribution in [0.4, 0.5) is 5.69 Å². The Morgan fingerprint density at radius 1 is 1.37 bits per heavy atom. The van der Waals surface area contributed by atoms with Crippen LogP contribution in [0.25, 0.3) is 0 Å². The first kappa shape index (κ1) is 12.2. The summed E-state index contributed by atoms with van der Waals surface area (Å²) in [7, 11) is 0. The first-order chi connectivity index (χ1) is 9.22. The van der Waals surface area contributed by atoms with Gasteiger partial charge in [-0.1, -0.05) is 18.2 Å². The van der Waals surface area contributed by atoms with E-state index in [1.54, 1.807) is 0 Å². The van der Waals surface area contributed by atoms with Crippen molar-refractivity contribution in [2.24, 2.45) is 4.99 Å². The molecule has 5 nitrogen and oxygen atoms in total. The maximum Gasteiger partial charge on any atom is 0.304 e. The average Bonchev–Trinajstić information content (AvgIpc) is 2.86. The summed E-state index contributed by atoms with van der Waals surface area (Å²) in [5, 5.41) is 15.5. The summed E-state index contributed by atoms with van der Waals surface area (Å²) in [5.74, 6) is 0.189. The van der Waals surface area contributed by atoms with E-state index >= 15 is 0 Å². The summed E-state index contributed by atoms with van der Waals surface area (Å²) in [6.45, 7) is 0.695. The van der Waals surface area contributed by atoms with Crippen molar-refractivity contribution in [3.63, 3.8) is 0 Å². The van der Waals surface area contributed by atoms with Gasteiger partial charge in [0.15, 0.2) is 0 Å². The smallest absolute Gasteiger partial charge is 0.304 e. The summed E-state index contributed by atoms with van der Waals surface area (Å²) >= 11 is 0. The lowest BCUT2D eigenvalue weighted by molar-refractivity contribution is -0.137. The van der Waals surface area contributed by atoms with Gasteiger partial charge < -0.3 is 15.7 Å². The van der Waals surface area contributed by atoms with Crippen molar-refractivity contribution in [2.75, 3.05) is 5.32 Å². The Hall–Kier alpha value is -1.88. The third-order valence-corrected chi connectivity index (χ3v) is 3.69. The number of carboxylic acids is 1. The summed E-state index contributed by atoms with van der Waals surface area (Å²) in [6.07, 6.45) is 2.01. The Morgan fingerprint density at radius 2 is 2.21 bits per heavy atom. The topological polar surface area (TPSA) is 73.7 Å². The van der Waals surface area contributed by atoms with Gasteiger partial charge in [-0.2, -0.15) is 0 Å². The molecule has 0 amide bonds. The maximum absolute atomic E-state index is 10.7. The normalized spacial score (nSPS) is 25.4. The summed E-state index contributed by atoms with van der Waals surface area (Å²) in [4.78, 5) is 15.3. The SMILES string of the molecule is O=C(O)C[C@@H]1CC[C@H](C2=NCc3ccccc3N2)N1. The van der Waals surface area contributed by atoms with Crippen LogP contribution in [0.3, 0.4) is 0 Å². The van der Waals surface area contributed by atoms with Crippen LogP contribution in [-0.4, -0.2) is 29.0 Å². The molecule has 0 radical (unpaired) electrons. The number of anilines is 1. The Morgan fingerprint density at radius 3 is 3.05 bits per heavy atom. The number of hydrogen-bond donors (Lipinski definition) is 3. The standard InChI is InChI=1S/C14H17N3O2/c18-13(19)7-10-5-6-12(16-10)14-15-8-9-3-1-2-4-11(9)17-14/h1-4,10,12,16H,5-8H2,(H,15,17)(H,18,19)/t10-,12+/m0/s1. The molecule has 1 saturated heterocycles. The number of aliphatic carboxylic acids is 1. The summed E-state index contributed by atoms with van der Waals surface area (Å²) in [5.41, 5.74) is 2.31. The van der Waals surface area contributed by atoms with E-state index in [-0.39, 0.29) is 18.5 Å². The molecule has 3 N–H and O–H groups in total. The molecule has 0 bridgehead atoms. The lowest BCUT2D eigenvalue weighted by atomic mass is 10.1. The molecular weight excluding hydrogens is 242 g/mol. The Kier molecular flexibility index (Phi) is 3.21. The number of carbonyl (C=O) groups is 1. The van der Waals surface area contributed by atoms with Crippen LogP contribution in [0.5, 0.6) is 0 Å². The van der Waals surface area contributed by atoms with E-state index in [4.69, 9.17) is 5.11 Å². The van der Waals surface area contributed by atoms with Crippen LogP contribution in [-0.2, 0) is 11.3 Å². The highest BCUT2D eigenvalue weighted by Gasteiger charge is 2.30. The number of para-hydroxylation sites is 1. The van der Waals surface area contributed by atoms with Crippen molar-refractivity contribution in [1.82, 2.24) is 5.32 Å². The molecule has 1 aromatic carbocycles. The monoisotopic (exact) mass is 259 g/mol. The molecule has 2 aliphatic heterocycles. The second-order valence-electron chi connectivity index (χ2n) is 5.08. The van der Waals surface area contributed by atoms with Crippen LogP contribution >= 0.6 is 0 Å². The lowest BCUT2D eigenvalue weighted by Crippen LogP contribution is -2.41. The Labute approximate surface area is 111 Å². The maximum atomic E-state index is 10.7.